The van der Waals surface area contributed by atoms with Crippen LogP contribution in [0.25, 0.3) is 10.9 Å². The average Bonchev–Trinajstić information content (AvgIpc) is 3.20. The second kappa shape index (κ2) is 7.94. The standard InChI is InChI=1S/C21H29N3O2/c1-4-17(5-2)23-21(26)16-11-20(25)24(13-16)9-8-15-12-22-19-7-6-14(3)10-18(15)19/h6-7,10,12,16-17,22H,4-5,8-9,11,13H2,1-3H3,(H,23,26)/t16-/m0/s1. The molecule has 1 aliphatic rings. The number of amides is 2. The third-order valence-electron chi connectivity index (χ3n) is 5.49. The van der Waals surface area contributed by atoms with Crippen molar-refractivity contribution in [3.05, 3.63) is 35.5 Å². The molecule has 1 aromatic heterocycles. The average molecular weight is 355 g/mol. The van der Waals surface area contributed by atoms with Crippen LogP contribution in [0.3, 0.4) is 0 Å². The van der Waals surface area contributed by atoms with Gasteiger partial charge in [0.2, 0.25) is 11.8 Å². The number of aromatic amines is 1. The summed E-state index contributed by atoms with van der Waals surface area (Å²) in [6.45, 7) is 7.43. The molecule has 2 heterocycles. The number of aryl methyl sites for hydroxylation is 1. The highest BCUT2D eigenvalue weighted by Gasteiger charge is 2.34. The van der Waals surface area contributed by atoms with Crippen LogP contribution in [0, 0.1) is 12.8 Å². The fourth-order valence-corrected chi connectivity index (χ4v) is 3.73. The maximum atomic E-state index is 12.4. The van der Waals surface area contributed by atoms with Gasteiger partial charge in [-0.05, 0) is 43.9 Å². The van der Waals surface area contributed by atoms with Gasteiger partial charge < -0.3 is 15.2 Å². The number of hydrogen-bond acceptors (Lipinski definition) is 2. The summed E-state index contributed by atoms with van der Waals surface area (Å²) < 4.78 is 0. The molecule has 1 saturated heterocycles. The zero-order chi connectivity index (χ0) is 18.7. The van der Waals surface area contributed by atoms with Crippen LogP contribution in [0.1, 0.15) is 44.2 Å². The van der Waals surface area contributed by atoms with E-state index >= 15 is 0 Å². The molecule has 0 saturated carbocycles. The number of carbonyl (C=O) groups excluding carboxylic acids is 2. The summed E-state index contributed by atoms with van der Waals surface area (Å²) in [6.07, 6.45) is 5.01. The van der Waals surface area contributed by atoms with Gasteiger partial charge in [-0.3, -0.25) is 9.59 Å². The van der Waals surface area contributed by atoms with Crippen LogP contribution in [0.4, 0.5) is 0 Å². The summed E-state index contributed by atoms with van der Waals surface area (Å²) in [5.41, 5.74) is 3.58. The van der Waals surface area contributed by atoms with E-state index in [2.05, 4.69) is 49.3 Å². The van der Waals surface area contributed by atoms with Gasteiger partial charge >= 0.3 is 0 Å². The number of nitrogens with one attached hydrogen (secondary N) is 2. The van der Waals surface area contributed by atoms with Gasteiger partial charge in [0.05, 0.1) is 5.92 Å². The molecule has 1 aromatic carbocycles. The van der Waals surface area contributed by atoms with E-state index in [1.165, 1.54) is 16.5 Å². The topological polar surface area (TPSA) is 65.2 Å². The van der Waals surface area contributed by atoms with Crippen molar-refractivity contribution in [2.45, 2.75) is 52.5 Å². The smallest absolute Gasteiger partial charge is 0.225 e. The Labute approximate surface area is 155 Å². The Balaban J connectivity index is 1.59. The van der Waals surface area contributed by atoms with Crippen molar-refractivity contribution in [1.29, 1.82) is 0 Å². The molecule has 1 aliphatic heterocycles. The lowest BCUT2D eigenvalue weighted by Gasteiger charge is -2.19. The van der Waals surface area contributed by atoms with E-state index in [1.54, 1.807) is 0 Å². The van der Waals surface area contributed by atoms with Gasteiger partial charge in [-0.15, -0.1) is 0 Å². The molecule has 0 aliphatic carbocycles. The van der Waals surface area contributed by atoms with Gasteiger partial charge in [-0.2, -0.15) is 0 Å². The Morgan fingerprint density at radius 3 is 2.85 bits per heavy atom. The number of likely N-dealkylation sites (tertiary alicyclic amines) is 1. The first-order valence-corrected chi connectivity index (χ1v) is 9.66. The minimum Gasteiger partial charge on any atom is -0.361 e. The fourth-order valence-electron chi connectivity index (χ4n) is 3.73. The maximum absolute atomic E-state index is 12.4. The highest BCUT2D eigenvalue weighted by atomic mass is 16.2. The van der Waals surface area contributed by atoms with Gasteiger partial charge in [0, 0.05) is 42.7 Å². The van der Waals surface area contributed by atoms with Crippen LogP contribution in [-0.4, -0.2) is 40.8 Å². The van der Waals surface area contributed by atoms with Gasteiger partial charge in [0.25, 0.3) is 0 Å². The Morgan fingerprint density at radius 2 is 2.12 bits per heavy atom. The lowest BCUT2D eigenvalue weighted by atomic mass is 10.1. The van der Waals surface area contributed by atoms with E-state index < -0.39 is 0 Å². The zero-order valence-corrected chi connectivity index (χ0v) is 16.0. The molecule has 5 heteroatoms. The largest absolute Gasteiger partial charge is 0.361 e. The summed E-state index contributed by atoms with van der Waals surface area (Å²) in [4.78, 5) is 29.9. The normalized spacial score (nSPS) is 17.5. The Kier molecular flexibility index (Phi) is 5.64. The van der Waals surface area contributed by atoms with Crippen molar-refractivity contribution < 1.29 is 9.59 Å². The fraction of sp³-hybridized carbons (Fsp3) is 0.524. The molecule has 2 aromatic rings. The number of H-pyrrole nitrogens is 1. The minimum atomic E-state index is -0.215. The summed E-state index contributed by atoms with van der Waals surface area (Å²) in [7, 11) is 0. The maximum Gasteiger partial charge on any atom is 0.225 e. The predicted octanol–water partition coefficient (Wildman–Crippen LogP) is 3.17. The third kappa shape index (κ3) is 3.92. The molecule has 0 bridgehead atoms. The van der Waals surface area contributed by atoms with Gasteiger partial charge in [-0.25, -0.2) is 0 Å². The van der Waals surface area contributed by atoms with Crippen molar-refractivity contribution in [3.8, 4) is 0 Å². The number of benzene rings is 1. The molecule has 1 atom stereocenters. The van der Waals surface area contributed by atoms with Crippen molar-refractivity contribution in [2.24, 2.45) is 5.92 Å². The minimum absolute atomic E-state index is 0.0252. The quantitative estimate of drug-likeness (QED) is 0.801. The number of hydrogen-bond donors (Lipinski definition) is 2. The molecule has 1 fully saturated rings. The SMILES string of the molecule is CCC(CC)NC(=O)[C@H]1CC(=O)N(CCc2c[nH]c3ccc(C)cc23)C1. The zero-order valence-electron chi connectivity index (χ0n) is 16.0. The summed E-state index contributed by atoms with van der Waals surface area (Å²) in [6, 6.07) is 6.57. The first-order chi connectivity index (χ1) is 12.5. The lowest BCUT2D eigenvalue weighted by molar-refractivity contribution is -0.129. The van der Waals surface area contributed by atoms with Crippen molar-refractivity contribution in [2.75, 3.05) is 13.1 Å². The first kappa shape index (κ1) is 18.5. The van der Waals surface area contributed by atoms with E-state index in [4.69, 9.17) is 0 Å². The molecule has 140 valence electrons. The number of rotatable bonds is 7. The van der Waals surface area contributed by atoms with E-state index in [0.29, 0.717) is 19.5 Å². The lowest BCUT2D eigenvalue weighted by Crippen LogP contribution is -2.39. The molecular formula is C21H29N3O2. The monoisotopic (exact) mass is 355 g/mol. The molecule has 3 rings (SSSR count). The highest BCUT2D eigenvalue weighted by molar-refractivity contribution is 5.89. The summed E-state index contributed by atoms with van der Waals surface area (Å²) >= 11 is 0. The molecule has 26 heavy (non-hydrogen) atoms. The number of aromatic nitrogens is 1. The summed E-state index contributed by atoms with van der Waals surface area (Å²) in [5, 5.41) is 4.30. The second-order valence-electron chi connectivity index (χ2n) is 7.38. The van der Waals surface area contributed by atoms with Gasteiger partial charge in [0.1, 0.15) is 0 Å². The van der Waals surface area contributed by atoms with Crippen molar-refractivity contribution in [1.82, 2.24) is 15.2 Å². The molecule has 0 radical (unpaired) electrons. The van der Waals surface area contributed by atoms with E-state index in [1.807, 2.05) is 11.1 Å². The first-order valence-electron chi connectivity index (χ1n) is 9.66. The van der Waals surface area contributed by atoms with Gasteiger partial charge in [0.15, 0.2) is 0 Å². The van der Waals surface area contributed by atoms with Crippen molar-refractivity contribution >= 4 is 22.7 Å². The van der Waals surface area contributed by atoms with Crippen LogP contribution in [-0.2, 0) is 16.0 Å². The van der Waals surface area contributed by atoms with E-state index in [9.17, 15) is 9.59 Å². The van der Waals surface area contributed by atoms with Gasteiger partial charge in [-0.1, -0.05) is 25.5 Å². The van der Waals surface area contributed by atoms with Crippen LogP contribution in [0.5, 0.6) is 0 Å². The second-order valence-corrected chi connectivity index (χ2v) is 7.38. The molecule has 2 N–H and O–H groups in total. The molecule has 0 unspecified atom stereocenters. The summed E-state index contributed by atoms with van der Waals surface area (Å²) in [5.74, 6) is -0.101. The Hall–Kier alpha value is -2.30. The van der Waals surface area contributed by atoms with E-state index in [0.717, 1.165) is 24.8 Å². The number of nitrogens with zero attached hydrogens (tertiary/aromatic N) is 1. The highest BCUT2D eigenvalue weighted by Crippen LogP contribution is 2.23. The van der Waals surface area contributed by atoms with Crippen LogP contribution >= 0.6 is 0 Å². The van der Waals surface area contributed by atoms with Crippen molar-refractivity contribution in [3.63, 3.8) is 0 Å². The Bertz CT molecular complexity index is 792. The third-order valence-corrected chi connectivity index (χ3v) is 5.49. The van der Waals surface area contributed by atoms with Crippen LogP contribution in [0.15, 0.2) is 24.4 Å². The van der Waals surface area contributed by atoms with Crippen LogP contribution < -0.4 is 5.32 Å². The van der Waals surface area contributed by atoms with E-state index in [-0.39, 0.29) is 23.8 Å². The molecule has 2 amide bonds. The number of carbonyl (C=O) groups is 2. The molecular weight excluding hydrogens is 326 g/mol. The van der Waals surface area contributed by atoms with Crippen LogP contribution in [0.2, 0.25) is 0 Å². The molecule has 0 spiro atoms. The Morgan fingerprint density at radius 1 is 1.35 bits per heavy atom. The number of fused-ring (bicyclic) bond motifs is 1. The molecule has 5 nitrogen and oxygen atoms in total. The predicted molar refractivity (Wildman–Crippen MR) is 104 cm³/mol.